The summed E-state index contributed by atoms with van der Waals surface area (Å²) in [7, 11) is 0. The third-order valence-corrected chi connectivity index (χ3v) is 3.63. The molecule has 2 heteroatoms. The molecule has 86 valence electrons. The fourth-order valence-corrected chi connectivity index (χ4v) is 2.58. The first kappa shape index (κ1) is 10.5. The van der Waals surface area contributed by atoms with Gasteiger partial charge in [0.05, 0.1) is 5.52 Å². The molecule has 2 aromatic rings. The van der Waals surface area contributed by atoms with Gasteiger partial charge in [0, 0.05) is 24.4 Å². The number of benzene rings is 1. The number of aromatic nitrogens is 1. The van der Waals surface area contributed by atoms with E-state index in [2.05, 4.69) is 17.1 Å². The highest BCUT2D eigenvalue weighted by atomic mass is 16.1. The van der Waals surface area contributed by atoms with Gasteiger partial charge in [-0.15, -0.1) is 0 Å². The SMILES string of the molecule is O=C1CCC(c2cnc3ccccc3c2)CC1. The van der Waals surface area contributed by atoms with Gasteiger partial charge < -0.3 is 0 Å². The second-order valence-corrected chi connectivity index (χ2v) is 4.77. The van der Waals surface area contributed by atoms with E-state index in [-0.39, 0.29) is 0 Å². The predicted octanol–water partition coefficient (Wildman–Crippen LogP) is 3.46. The monoisotopic (exact) mass is 225 g/mol. The van der Waals surface area contributed by atoms with Crippen molar-refractivity contribution in [1.82, 2.24) is 4.98 Å². The highest BCUT2D eigenvalue weighted by Crippen LogP contribution is 2.31. The normalized spacial score (nSPS) is 17.5. The molecule has 1 aromatic carbocycles. The largest absolute Gasteiger partial charge is 0.300 e. The van der Waals surface area contributed by atoms with Crippen molar-refractivity contribution in [2.75, 3.05) is 0 Å². The molecule has 1 aliphatic rings. The van der Waals surface area contributed by atoms with Gasteiger partial charge in [0.1, 0.15) is 5.78 Å². The van der Waals surface area contributed by atoms with E-state index < -0.39 is 0 Å². The second kappa shape index (κ2) is 4.28. The van der Waals surface area contributed by atoms with Crippen molar-refractivity contribution in [2.24, 2.45) is 0 Å². The van der Waals surface area contributed by atoms with Crippen LogP contribution < -0.4 is 0 Å². The molecule has 0 N–H and O–H groups in total. The van der Waals surface area contributed by atoms with E-state index in [1.54, 1.807) is 0 Å². The van der Waals surface area contributed by atoms with Gasteiger partial charge in [-0.2, -0.15) is 0 Å². The van der Waals surface area contributed by atoms with Gasteiger partial charge in [0.15, 0.2) is 0 Å². The molecule has 0 amide bonds. The number of carbonyl (C=O) groups excluding carboxylic acids is 1. The summed E-state index contributed by atoms with van der Waals surface area (Å²) in [6, 6.07) is 10.4. The van der Waals surface area contributed by atoms with Gasteiger partial charge in [-0.3, -0.25) is 9.78 Å². The number of para-hydroxylation sites is 1. The lowest BCUT2D eigenvalue weighted by Crippen LogP contribution is -2.12. The van der Waals surface area contributed by atoms with Crippen LogP contribution in [0.15, 0.2) is 36.5 Å². The zero-order valence-electron chi connectivity index (χ0n) is 9.73. The molecule has 1 heterocycles. The maximum absolute atomic E-state index is 11.2. The summed E-state index contributed by atoms with van der Waals surface area (Å²) in [5.74, 6) is 0.930. The van der Waals surface area contributed by atoms with Crippen LogP contribution in [0.25, 0.3) is 10.9 Å². The minimum Gasteiger partial charge on any atom is -0.300 e. The number of fused-ring (bicyclic) bond motifs is 1. The summed E-state index contributed by atoms with van der Waals surface area (Å²) in [6.45, 7) is 0. The van der Waals surface area contributed by atoms with Crippen molar-refractivity contribution in [3.8, 4) is 0 Å². The van der Waals surface area contributed by atoms with Gasteiger partial charge in [-0.25, -0.2) is 0 Å². The molecule has 2 nitrogen and oxygen atoms in total. The average Bonchev–Trinajstić information content (AvgIpc) is 2.39. The molecule has 0 bridgehead atoms. The van der Waals surface area contributed by atoms with Crippen LogP contribution >= 0.6 is 0 Å². The lowest BCUT2D eigenvalue weighted by atomic mass is 9.84. The molecule has 1 fully saturated rings. The van der Waals surface area contributed by atoms with Crippen LogP contribution in [0, 0.1) is 0 Å². The van der Waals surface area contributed by atoms with Crippen LogP contribution in [-0.2, 0) is 4.79 Å². The maximum Gasteiger partial charge on any atom is 0.132 e. The lowest BCUT2D eigenvalue weighted by Gasteiger charge is -2.21. The van der Waals surface area contributed by atoms with Crippen molar-refractivity contribution in [2.45, 2.75) is 31.6 Å². The number of hydrogen-bond acceptors (Lipinski definition) is 2. The quantitative estimate of drug-likeness (QED) is 0.744. The third-order valence-electron chi connectivity index (χ3n) is 3.63. The highest BCUT2D eigenvalue weighted by molar-refractivity contribution is 5.80. The van der Waals surface area contributed by atoms with Gasteiger partial charge in [-0.05, 0) is 36.5 Å². The number of rotatable bonds is 1. The Bertz CT molecular complexity index is 552. The van der Waals surface area contributed by atoms with Gasteiger partial charge in [0.2, 0.25) is 0 Å². The van der Waals surface area contributed by atoms with E-state index in [0.717, 1.165) is 31.2 Å². The van der Waals surface area contributed by atoms with E-state index in [1.807, 2.05) is 24.4 Å². The van der Waals surface area contributed by atoms with Crippen LogP contribution in [0.2, 0.25) is 0 Å². The minimum atomic E-state index is 0.412. The first-order valence-electron chi connectivity index (χ1n) is 6.19. The van der Waals surface area contributed by atoms with Crippen LogP contribution in [0.3, 0.4) is 0 Å². The van der Waals surface area contributed by atoms with Crippen molar-refractivity contribution in [1.29, 1.82) is 0 Å². The number of hydrogen-bond donors (Lipinski definition) is 0. The zero-order valence-corrected chi connectivity index (χ0v) is 9.73. The molecule has 0 atom stereocenters. The Kier molecular flexibility index (Phi) is 2.63. The van der Waals surface area contributed by atoms with Crippen LogP contribution in [0.1, 0.15) is 37.2 Å². The van der Waals surface area contributed by atoms with Crippen LogP contribution in [0.5, 0.6) is 0 Å². The molecule has 0 unspecified atom stereocenters. The minimum absolute atomic E-state index is 0.412. The Morgan fingerprint density at radius 3 is 2.71 bits per heavy atom. The molecule has 1 aliphatic carbocycles. The number of nitrogens with zero attached hydrogens (tertiary/aromatic N) is 1. The van der Waals surface area contributed by atoms with Crippen LogP contribution in [0.4, 0.5) is 0 Å². The Morgan fingerprint density at radius 2 is 1.88 bits per heavy atom. The molecule has 17 heavy (non-hydrogen) atoms. The molecule has 1 aromatic heterocycles. The molecule has 0 radical (unpaired) electrons. The van der Waals surface area contributed by atoms with E-state index in [4.69, 9.17) is 0 Å². The van der Waals surface area contributed by atoms with Crippen molar-refractivity contribution < 1.29 is 4.79 Å². The summed E-state index contributed by atoms with van der Waals surface area (Å²) in [5, 5.41) is 1.20. The predicted molar refractivity (Wildman–Crippen MR) is 68.0 cm³/mol. The molecule has 3 rings (SSSR count). The average molecular weight is 225 g/mol. The Labute approximate surface area is 101 Å². The van der Waals surface area contributed by atoms with E-state index in [9.17, 15) is 4.79 Å². The molecular weight excluding hydrogens is 210 g/mol. The van der Waals surface area contributed by atoms with E-state index in [1.165, 1.54) is 10.9 Å². The fraction of sp³-hybridized carbons (Fsp3) is 0.333. The summed E-state index contributed by atoms with van der Waals surface area (Å²) >= 11 is 0. The number of Topliss-reactive ketones (excluding diaryl/α,β-unsaturated/α-hetero) is 1. The smallest absolute Gasteiger partial charge is 0.132 e. The molecule has 0 spiro atoms. The molecule has 0 aliphatic heterocycles. The summed E-state index contributed by atoms with van der Waals surface area (Å²) < 4.78 is 0. The first-order chi connectivity index (χ1) is 8.33. The number of ketones is 1. The molecule has 1 saturated carbocycles. The van der Waals surface area contributed by atoms with Crippen molar-refractivity contribution >= 4 is 16.7 Å². The molecular formula is C15H15NO. The Balaban J connectivity index is 1.92. The lowest BCUT2D eigenvalue weighted by molar-refractivity contribution is -0.120. The topological polar surface area (TPSA) is 30.0 Å². The Morgan fingerprint density at radius 1 is 1.12 bits per heavy atom. The summed E-state index contributed by atoms with van der Waals surface area (Å²) in [6.07, 6.45) is 5.41. The maximum atomic E-state index is 11.2. The van der Waals surface area contributed by atoms with Gasteiger partial charge in [-0.1, -0.05) is 18.2 Å². The van der Waals surface area contributed by atoms with E-state index in [0.29, 0.717) is 11.7 Å². The third kappa shape index (κ3) is 2.07. The van der Waals surface area contributed by atoms with E-state index >= 15 is 0 Å². The van der Waals surface area contributed by atoms with Gasteiger partial charge in [0.25, 0.3) is 0 Å². The fourth-order valence-electron chi connectivity index (χ4n) is 2.58. The standard InChI is InChI=1S/C15H15NO/c17-14-7-5-11(6-8-14)13-9-12-3-1-2-4-15(12)16-10-13/h1-4,9-11H,5-8H2. The number of carbonyl (C=O) groups is 1. The molecule has 0 saturated heterocycles. The summed E-state index contributed by atoms with van der Waals surface area (Å²) in [5.41, 5.74) is 2.33. The second-order valence-electron chi connectivity index (χ2n) is 4.77. The van der Waals surface area contributed by atoms with Crippen LogP contribution in [-0.4, -0.2) is 10.8 Å². The Hall–Kier alpha value is -1.70. The summed E-state index contributed by atoms with van der Waals surface area (Å²) in [4.78, 5) is 15.7. The van der Waals surface area contributed by atoms with Crippen molar-refractivity contribution in [3.05, 3.63) is 42.1 Å². The van der Waals surface area contributed by atoms with Gasteiger partial charge >= 0.3 is 0 Å². The number of pyridine rings is 1. The van der Waals surface area contributed by atoms with Crippen molar-refractivity contribution in [3.63, 3.8) is 0 Å². The first-order valence-corrected chi connectivity index (χ1v) is 6.19. The highest BCUT2D eigenvalue weighted by Gasteiger charge is 2.20. The zero-order chi connectivity index (χ0) is 11.7.